The molecule has 1 aliphatic heterocycles. The molecule has 1 heterocycles. The number of carbonyl (C=O) groups is 1. The topological polar surface area (TPSA) is 100 Å². The third kappa shape index (κ3) is 4.77. The second-order valence-electron chi connectivity index (χ2n) is 6.24. The van der Waals surface area contributed by atoms with Gasteiger partial charge in [0, 0.05) is 12.1 Å². The van der Waals surface area contributed by atoms with Gasteiger partial charge in [0.1, 0.15) is 0 Å². The number of aliphatic imine (C=N–C) groups is 1. The van der Waals surface area contributed by atoms with Crippen molar-refractivity contribution in [3.63, 3.8) is 0 Å². The highest BCUT2D eigenvalue weighted by Crippen LogP contribution is 2.31. The van der Waals surface area contributed by atoms with Crippen LogP contribution in [-0.4, -0.2) is 30.0 Å². The van der Waals surface area contributed by atoms with E-state index in [4.69, 9.17) is 25.8 Å². The Kier molecular flexibility index (Phi) is 6.68. The third-order valence-corrected chi connectivity index (χ3v) is 4.36. The highest BCUT2D eigenvalue weighted by Gasteiger charge is 2.26. The highest BCUT2D eigenvalue weighted by atomic mass is 35.5. The van der Waals surface area contributed by atoms with Crippen LogP contribution in [-0.2, 0) is 9.53 Å². The first-order valence-electron chi connectivity index (χ1n) is 9.29. The number of cyclic esters (lactones) is 1. The molecule has 0 unspecified atom stereocenters. The minimum Gasteiger partial charge on any atom is -0.490 e. The van der Waals surface area contributed by atoms with E-state index < -0.39 is 10.9 Å². The van der Waals surface area contributed by atoms with Crippen LogP contribution in [0, 0.1) is 10.1 Å². The fourth-order valence-electron chi connectivity index (χ4n) is 2.69. The lowest BCUT2D eigenvalue weighted by molar-refractivity contribution is -0.384. The van der Waals surface area contributed by atoms with E-state index in [1.165, 1.54) is 18.2 Å². The van der Waals surface area contributed by atoms with Crippen LogP contribution < -0.4 is 9.47 Å². The summed E-state index contributed by atoms with van der Waals surface area (Å²) in [5, 5.41) is 10.9. The summed E-state index contributed by atoms with van der Waals surface area (Å²) in [6, 6.07) is 9.13. The molecule has 0 radical (unpaired) electrons. The van der Waals surface area contributed by atoms with Gasteiger partial charge in [0.05, 0.1) is 28.7 Å². The number of nitro groups is 1. The van der Waals surface area contributed by atoms with Gasteiger partial charge in [0.2, 0.25) is 5.90 Å². The molecular weight excluding hydrogens is 412 g/mol. The Morgan fingerprint density at radius 1 is 1.17 bits per heavy atom. The summed E-state index contributed by atoms with van der Waals surface area (Å²) < 4.78 is 16.5. The van der Waals surface area contributed by atoms with E-state index in [-0.39, 0.29) is 27.9 Å². The van der Waals surface area contributed by atoms with Gasteiger partial charge in [-0.25, -0.2) is 9.79 Å². The smallest absolute Gasteiger partial charge is 0.363 e. The van der Waals surface area contributed by atoms with Crippen LogP contribution in [0.1, 0.15) is 31.4 Å². The van der Waals surface area contributed by atoms with E-state index in [1.54, 1.807) is 24.3 Å². The standard InChI is InChI=1S/C21H19ClN2O6/c1-3-9-29-18-8-5-13(11-19(18)28-4-2)10-17-21(25)30-20(23-17)15-7-6-14(24(26)27)12-16(15)22/h5-8,10-12H,3-4,9H2,1-2H3. The largest absolute Gasteiger partial charge is 0.490 e. The van der Waals surface area contributed by atoms with Crippen molar-refractivity contribution in [1.82, 2.24) is 0 Å². The lowest BCUT2D eigenvalue weighted by Crippen LogP contribution is -2.06. The Balaban J connectivity index is 1.90. The molecule has 0 fully saturated rings. The zero-order valence-corrected chi connectivity index (χ0v) is 17.1. The molecule has 0 N–H and O–H groups in total. The van der Waals surface area contributed by atoms with Crippen LogP contribution in [0.3, 0.4) is 0 Å². The van der Waals surface area contributed by atoms with Crippen LogP contribution in [0.4, 0.5) is 5.69 Å². The van der Waals surface area contributed by atoms with Gasteiger partial charge in [-0.2, -0.15) is 0 Å². The molecule has 0 spiro atoms. The Morgan fingerprint density at radius 2 is 1.97 bits per heavy atom. The minimum atomic E-state index is -0.649. The van der Waals surface area contributed by atoms with Crippen molar-refractivity contribution in [2.24, 2.45) is 4.99 Å². The molecule has 30 heavy (non-hydrogen) atoms. The minimum absolute atomic E-state index is 0.0147. The summed E-state index contributed by atoms with van der Waals surface area (Å²) in [7, 11) is 0. The normalized spacial score (nSPS) is 14.4. The predicted octanol–water partition coefficient (Wildman–Crippen LogP) is 4.78. The Labute approximate surface area is 177 Å². The molecule has 8 nitrogen and oxygen atoms in total. The van der Waals surface area contributed by atoms with Crippen LogP contribution in [0.15, 0.2) is 47.1 Å². The van der Waals surface area contributed by atoms with E-state index in [0.29, 0.717) is 30.3 Å². The molecule has 9 heteroatoms. The van der Waals surface area contributed by atoms with Gasteiger partial charge in [0.15, 0.2) is 17.2 Å². The lowest BCUT2D eigenvalue weighted by Gasteiger charge is -2.12. The number of nitrogens with zero attached hydrogens (tertiary/aromatic N) is 2. The van der Waals surface area contributed by atoms with Crippen LogP contribution in [0.25, 0.3) is 6.08 Å². The van der Waals surface area contributed by atoms with Crippen LogP contribution >= 0.6 is 11.6 Å². The van der Waals surface area contributed by atoms with E-state index >= 15 is 0 Å². The van der Waals surface area contributed by atoms with Crippen LogP contribution in [0.5, 0.6) is 11.5 Å². The fourth-order valence-corrected chi connectivity index (χ4v) is 2.94. The fraction of sp³-hybridized carbons (Fsp3) is 0.238. The molecule has 1 aliphatic rings. The van der Waals surface area contributed by atoms with Crippen molar-refractivity contribution in [2.75, 3.05) is 13.2 Å². The molecule has 2 aromatic rings. The summed E-state index contributed by atoms with van der Waals surface area (Å²) in [4.78, 5) is 26.7. The van der Waals surface area contributed by atoms with Crippen molar-refractivity contribution < 1.29 is 23.9 Å². The van der Waals surface area contributed by atoms with Crippen molar-refractivity contribution >= 4 is 35.2 Å². The summed E-state index contributed by atoms with van der Waals surface area (Å²) in [5.41, 5.74) is 0.869. The third-order valence-electron chi connectivity index (χ3n) is 4.05. The quantitative estimate of drug-likeness (QED) is 0.258. The first-order valence-corrected chi connectivity index (χ1v) is 9.67. The van der Waals surface area contributed by atoms with E-state index in [9.17, 15) is 14.9 Å². The zero-order valence-electron chi connectivity index (χ0n) is 16.4. The number of ether oxygens (including phenoxy) is 3. The number of nitro benzene ring substituents is 1. The maximum Gasteiger partial charge on any atom is 0.363 e. The Bertz CT molecular complexity index is 1050. The van der Waals surface area contributed by atoms with Crippen molar-refractivity contribution in [3.05, 3.63) is 68.4 Å². The van der Waals surface area contributed by atoms with Gasteiger partial charge in [-0.05, 0) is 43.2 Å². The molecule has 0 saturated carbocycles. The molecular formula is C21H19ClN2O6. The number of non-ortho nitro benzene ring substituents is 1. The number of halogens is 1. The van der Waals surface area contributed by atoms with Gasteiger partial charge in [-0.1, -0.05) is 24.6 Å². The number of hydrogen-bond donors (Lipinski definition) is 0. The van der Waals surface area contributed by atoms with Gasteiger partial charge >= 0.3 is 5.97 Å². The van der Waals surface area contributed by atoms with E-state index in [2.05, 4.69) is 4.99 Å². The Morgan fingerprint density at radius 3 is 2.63 bits per heavy atom. The number of rotatable bonds is 8. The number of hydrogen-bond acceptors (Lipinski definition) is 7. The monoisotopic (exact) mass is 430 g/mol. The average molecular weight is 431 g/mol. The second-order valence-corrected chi connectivity index (χ2v) is 6.65. The van der Waals surface area contributed by atoms with Crippen molar-refractivity contribution in [2.45, 2.75) is 20.3 Å². The highest BCUT2D eigenvalue weighted by molar-refractivity contribution is 6.34. The predicted molar refractivity (Wildman–Crippen MR) is 112 cm³/mol. The Hall–Kier alpha value is -3.39. The molecule has 0 amide bonds. The summed E-state index contributed by atoms with van der Waals surface area (Å²) in [6.07, 6.45) is 2.42. The zero-order chi connectivity index (χ0) is 21.7. The maximum atomic E-state index is 12.3. The van der Waals surface area contributed by atoms with E-state index in [1.807, 2.05) is 13.8 Å². The maximum absolute atomic E-state index is 12.3. The molecule has 0 aromatic heterocycles. The number of carbonyl (C=O) groups excluding carboxylic acids is 1. The molecule has 0 aliphatic carbocycles. The van der Waals surface area contributed by atoms with Gasteiger partial charge in [0.25, 0.3) is 5.69 Å². The van der Waals surface area contributed by atoms with Crippen molar-refractivity contribution in [3.8, 4) is 11.5 Å². The molecule has 0 atom stereocenters. The molecule has 0 saturated heterocycles. The van der Waals surface area contributed by atoms with E-state index in [0.717, 1.165) is 6.42 Å². The first kappa shape index (κ1) is 21.3. The van der Waals surface area contributed by atoms with Crippen LogP contribution in [0.2, 0.25) is 5.02 Å². The molecule has 2 aromatic carbocycles. The number of benzene rings is 2. The first-order chi connectivity index (χ1) is 14.4. The number of esters is 1. The molecule has 3 rings (SSSR count). The summed E-state index contributed by atoms with van der Waals surface area (Å²) in [5.74, 6) is 0.522. The lowest BCUT2D eigenvalue weighted by atomic mass is 10.1. The molecule has 0 bridgehead atoms. The summed E-state index contributed by atoms with van der Waals surface area (Å²) in [6.45, 7) is 4.91. The molecule has 156 valence electrons. The van der Waals surface area contributed by atoms with Gasteiger partial charge < -0.3 is 14.2 Å². The van der Waals surface area contributed by atoms with Gasteiger partial charge in [-0.15, -0.1) is 0 Å². The SMILES string of the molecule is CCCOc1ccc(C=C2N=C(c3ccc([N+](=O)[O-])cc3Cl)OC2=O)cc1OCC. The average Bonchev–Trinajstić information content (AvgIpc) is 3.07. The van der Waals surface area contributed by atoms with Gasteiger partial charge in [-0.3, -0.25) is 10.1 Å². The van der Waals surface area contributed by atoms with Crippen molar-refractivity contribution in [1.29, 1.82) is 0 Å². The summed E-state index contributed by atoms with van der Waals surface area (Å²) >= 11 is 6.10. The second kappa shape index (κ2) is 9.41.